The zero-order valence-electron chi connectivity index (χ0n) is 14.8. The highest BCUT2D eigenvalue weighted by Gasteiger charge is 2.30. The molecule has 0 bridgehead atoms. The summed E-state index contributed by atoms with van der Waals surface area (Å²) in [5.41, 5.74) is 2.75. The number of sulfonamides is 2. The maximum Gasteiger partial charge on any atom is 0.264 e. The van der Waals surface area contributed by atoms with E-state index < -0.39 is 20.0 Å². The number of anilines is 2. The first-order chi connectivity index (χ1) is 12.2. The molecular formula is C18H22N2O4S2. The van der Waals surface area contributed by atoms with E-state index in [4.69, 9.17) is 0 Å². The molecule has 0 atom stereocenters. The SMILES string of the molecule is CCc1ccc(S(=O)(=O)N2CCCc3c(NS(C)(=O)=O)cccc32)cc1. The first-order valence-electron chi connectivity index (χ1n) is 8.44. The minimum atomic E-state index is -3.70. The second kappa shape index (κ2) is 6.92. The number of nitrogens with one attached hydrogen (secondary N) is 1. The number of hydrogen-bond donors (Lipinski definition) is 1. The van der Waals surface area contributed by atoms with Crippen LogP contribution >= 0.6 is 0 Å². The van der Waals surface area contributed by atoms with Crippen LogP contribution in [-0.2, 0) is 32.9 Å². The molecule has 0 fully saturated rings. The fraction of sp³-hybridized carbons (Fsp3) is 0.333. The number of aryl methyl sites for hydroxylation is 1. The zero-order chi connectivity index (χ0) is 18.9. The highest BCUT2D eigenvalue weighted by atomic mass is 32.2. The standard InChI is InChI=1S/C18H22N2O4S2/c1-3-14-9-11-15(12-10-14)26(23,24)20-13-5-6-16-17(19-25(2,21)22)7-4-8-18(16)20/h4,7-12,19H,3,5-6,13H2,1-2H3. The van der Waals surface area contributed by atoms with Crippen LogP contribution in [0.4, 0.5) is 11.4 Å². The predicted molar refractivity (Wildman–Crippen MR) is 104 cm³/mol. The van der Waals surface area contributed by atoms with Crippen molar-refractivity contribution >= 4 is 31.4 Å². The van der Waals surface area contributed by atoms with Crippen molar-refractivity contribution in [3.63, 3.8) is 0 Å². The van der Waals surface area contributed by atoms with Crippen LogP contribution in [0.2, 0.25) is 0 Å². The van der Waals surface area contributed by atoms with E-state index in [1.165, 1.54) is 4.31 Å². The molecule has 0 radical (unpaired) electrons. The van der Waals surface area contributed by atoms with Gasteiger partial charge in [-0.3, -0.25) is 9.03 Å². The van der Waals surface area contributed by atoms with Gasteiger partial charge < -0.3 is 0 Å². The Morgan fingerprint density at radius 1 is 1.04 bits per heavy atom. The Bertz CT molecular complexity index is 1010. The Kier molecular flexibility index (Phi) is 4.98. The van der Waals surface area contributed by atoms with Gasteiger partial charge in [0.25, 0.3) is 10.0 Å². The third-order valence-electron chi connectivity index (χ3n) is 4.42. The predicted octanol–water partition coefficient (Wildman–Crippen LogP) is 2.76. The lowest BCUT2D eigenvalue weighted by atomic mass is 10.0. The highest BCUT2D eigenvalue weighted by molar-refractivity contribution is 7.93. The smallest absolute Gasteiger partial charge is 0.264 e. The number of nitrogens with zero attached hydrogens (tertiary/aromatic N) is 1. The normalized spacial score (nSPS) is 14.8. The maximum absolute atomic E-state index is 13.1. The van der Waals surface area contributed by atoms with Crippen molar-refractivity contribution in [2.45, 2.75) is 31.1 Å². The molecule has 1 aliphatic rings. The third-order valence-corrected chi connectivity index (χ3v) is 6.84. The molecule has 0 spiro atoms. The van der Waals surface area contributed by atoms with Crippen molar-refractivity contribution in [1.82, 2.24) is 0 Å². The summed E-state index contributed by atoms with van der Waals surface area (Å²) in [6, 6.07) is 11.9. The number of benzene rings is 2. The van der Waals surface area contributed by atoms with Crippen LogP contribution < -0.4 is 9.03 Å². The van der Waals surface area contributed by atoms with E-state index in [2.05, 4.69) is 4.72 Å². The second-order valence-corrected chi connectivity index (χ2v) is 9.97. The van der Waals surface area contributed by atoms with Crippen molar-refractivity contribution in [3.8, 4) is 0 Å². The van der Waals surface area contributed by atoms with Gasteiger partial charge in [0.15, 0.2) is 0 Å². The minimum absolute atomic E-state index is 0.240. The molecule has 0 saturated carbocycles. The first kappa shape index (κ1) is 18.7. The Morgan fingerprint density at radius 2 is 1.73 bits per heavy atom. The van der Waals surface area contributed by atoms with Crippen LogP contribution in [0.3, 0.4) is 0 Å². The van der Waals surface area contributed by atoms with E-state index in [1.54, 1.807) is 30.3 Å². The van der Waals surface area contributed by atoms with Crippen molar-refractivity contribution in [2.24, 2.45) is 0 Å². The van der Waals surface area contributed by atoms with Gasteiger partial charge in [0.05, 0.1) is 22.5 Å². The molecule has 0 saturated heterocycles. The lowest BCUT2D eigenvalue weighted by Crippen LogP contribution is -2.35. The van der Waals surface area contributed by atoms with Crippen LogP contribution in [0.15, 0.2) is 47.4 Å². The molecule has 2 aromatic carbocycles. The molecule has 8 heteroatoms. The van der Waals surface area contributed by atoms with Gasteiger partial charge in [-0.1, -0.05) is 25.1 Å². The summed E-state index contributed by atoms with van der Waals surface area (Å²) in [7, 11) is -7.15. The van der Waals surface area contributed by atoms with Crippen LogP contribution in [0.25, 0.3) is 0 Å². The average molecular weight is 395 g/mol. The summed E-state index contributed by atoms with van der Waals surface area (Å²) >= 11 is 0. The molecule has 1 N–H and O–H groups in total. The fourth-order valence-electron chi connectivity index (χ4n) is 3.16. The van der Waals surface area contributed by atoms with E-state index in [1.807, 2.05) is 19.1 Å². The summed E-state index contributed by atoms with van der Waals surface area (Å²) in [5, 5.41) is 0. The van der Waals surface area contributed by atoms with Crippen molar-refractivity contribution in [1.29, 1.82) is 0 Å². The summed E-state index contributed by atoms with van der Waals surface area (Å²) in [6.07, 6.45) is 3.17. The molecule has 0 unspecified atom stereocenters. The van der Waals surface area contributed by atoms with Crippen molar-refractivity contribution in [3.05, 3.63) is 53.6 Å². The van der Waals surface area contributed by atoms with Crippen molar-refractivity contribution < 1.29 is 16.8 Å². The summed E-state index contributed by atoms with van der Waals surface area (Å²) in [5.74, 6) is 0. The summed E-state index contributed by atoms with van der Waals surface area (Å²) < 4.78 is 53.3. The molecule has 6 nitrogen and oxygen atoms in total. The average Bonchev–Trinajstić information content (AvgIpc) is 2.60. The van der Waals surface area contributed by atoms with Gasteiger partial charge in [0, 0.05) is 12.1 Å². The zero-order valence-corrected chi connectivity index (χ0v) is 16.4. The largest absolute Gasteiger partial charge is 0.283 e. The second-order valence-electron chi connectivity index (χ2n) is 6.36. The van der Waals surface area contributed by atoms with E-state index in [-0.39, 0.29) is 4.90 Å². The van der Waals surface area contributed by atoms with Gasteiger partial charge in [-0.05, 0) is 49.1 Å². The van der Waals surface area contributed by atoms with Gasteiger partial charge in [-0.15, -0.1) is 0 Å². The quantitative estimate of drug-likeness (QED) is 0.845. The van der Waals surface area contributed by atoms with Crippen molar-refractivity contribution in [2.75, 3.05) is 21.8 Å². The van der Waals surface area contributed by atoms with E-state index >= 15 is 0 Å². The van der Waals surface area contributed by atoms with Crippen LogP contribution in [0.5, 0.6) is 0 Å². The van der Waals surface area contributed by atoms with Gasteiger partial charge in [0.1, 0.15) is 0 Å². The van der Waals surface area contributed by atoms with Gasteiger partial charge in [-0.2, -0.15) is 0 Å². The Labute approximate surface area is 155 Å². The number of rotatable bonds is 5. The molecule has 1 aliphatic heterocycles. The highest BCUT2D eigenvalue weighted by Crippen LogP contribution is 2.36. The van der Waals surface area contributed by atoms with E-state index in [0.717, 1.165) is 18.2 Å². The molecule has 0 amide bonds. The Balaban J connectivity index is 2.05. The summed E-state index contributed by atoms with van der Waals surface area (Å²) in [6.45, 7) is 2.38. The van der Waals surface area contributed by atoms with Gasteiger partial charge in [0.2, 0.25) is 10.0 Å². The monoisotopic (exact) mass is 394 g/mol. The molecule has 0 aliphatic carbocycles. The van der Waals surface area contributed by atoms with Gasteiger partial charge >= 0.3 is 0 Å². The molecule has 26 heavy (non-hydrogen) atoms. The van der Waals surface area contributed by atoms with Crippen LogP contribution in [0.1, 0.15) is 24.5 Å². The molecule has 1 heterocycles. The number of fused-ring (bicyclic) bond motifs is 1. The molecular weight excluding hydrogens is 372 g/mol. The lowest BCUT2D eigenvalue weighted by Gasteiger charge is -2.31. The van der Waals surface area contributed by atoms with E-state index in [0.29, 0.717) is 36.3 Å². The molecule has 3 rings (SSSR count). The fourth-order valence-corrected chi connectivity index (χ4v) is 5.28. The third kappa shape index (κ3) is 3.71. The number of hydrogen-bond acceptors (Lipinski definition) is 4. The summed E-state index contributed by atoms with van der Waals surface area (Å²) in [4.78, 5) is 0.240. The lowest BCUT2D eigenvalue weighted by molar-refractivity contribution is 0.586. The van der Waals surface area contributed by atoms with E-state index in [9.17, 15) is 16.8 Å². The van der Waals surface area contributed by atoms with Gasteiger partial charge in [-0.25, -0.2) is 16.8 Å². The minimum Gasteiger partial charge on any atom is -0.283 e. The topological polar surface area (TPSA) is 83.6 Å². The van der Waals surface area contributed by atoms with Crippen LogP contribution in [-0.4, -0.2) is 29.6 Å². The Morgan fingerprint density at radius 3 is 2.35 bits per heavy atom. The molecule has 2 aromatic rings. The van der Waals surface area contributed by atoms with Crippen LogP contribution in [0, 0.1) is 0 Å². The first-order valence-corrected chi connectivity index (χ1v) is 11.8. The maximum atomic E-state index is 13.1. The molecule has 0 aromatic heterocycles. The molecule has 140 valence electrons. The Hall–Kier alpha value is -2.06.